The van der Waals surface area contributed by atoms with Gasteiger partial charge < -0.3 is 19.9 Å². The van der Waals surface area contributed by atoms with Crippen LogP contribution in [0.15, 0.2) is 41.1 Å². The number of ether oxygens (including phenoxy) is 1. The fourth-order valence-corrected chi connectivity index (χ4v) is 6.12. The molecule has 1 aromatic heterocycles. The molecule has 1 spiro atoms. The van der Waals surface area contributed by atoms with Gasteiger partial charge in [0.05, 0.1) is 13.2 Å². The van der Waals surface area contributed by atoms with E-state index in [2.05, 4.69) is 27.0 Å². The van der Waals surface area contributed by atoms with E-state index >= 15 is 0 Å². The Morgan fingerprint density at radius 1 is 1.21 bits per heavy atom. The molecule has 2 aromatic rings. The SMILES string of the molecule is COc1ccc(CN2CC3(CCN(CC[C@H](NC(=O)C4CC4)c4ccsc4)CC3)CC2=O)cc1. The van der Waals surface area contributed by atoms with E-state index in [0.717, 1.165) is 69.6 Å². The molecule has 34 heavy (non-hydrogen) atoms. The molecule has 2 amide bonds. The second kappa shape index (κ2) is 10.1. The summed E-state index contributed by atoms with van der Waals surface area (Å²) in [6.07, 6.45) is 5.80. The maximum atomic E-state index is 12.8. The minimum absolute atomic E-state index is 0.100. The zero-order chi connectivity index (χ0) is 23.5. The van der Waals surface area contributed by atoms with E-state index in [9.17, 15) is 9.59 Å². The lowest BCUT2D eigenvalue weighted by Crippen LogP contribution is -2.42. The summed E-state index contributed by atoms with van der Waals surface area (Å²) in [7, 11) is 1.67. The van der Waals surface area contributed by atoms with Crippen LogP contribution < -0.4 is 10.1 Å². The van der Waals surface area contributed by atoms with Crippen molar-refractivity contribution in [3.63, 3.8) is 0 Å². The van der Waals surface area contributed by atoms with Crippen LogP contribution in [-0.4, -0.2) is 54.9 Å². The van der Waals surface area contributed by atoms with Crippen molar-refractivity contribution in [2.45, 2.75) is 51.1 Å². The van der Waals surface area contributed by atoms with Gasteiger partial charge in [0.2, 0.25) is 11.8 Å². The van der Waals surface area contributed by atoms with Crippen molar-refractivity contribution in [2.24, 2.45) is 11.3 Å². The monoisotopic (exact) mass is 481 g/mol. The van der Waals surface area contributed by atoms with Gasteiger partial charge >= 0.3 is 0 Å². The first-order valence-electron chi connectivity index (χ1n) is 12.5. The molecule has 1 atom stereocenters. The number of amides is 2. The van der Waals surface area contributed by atoms with Gasteiger partial charge in [-0.25, -0.2) is 0 Å². The summed E-state index contributed by atoms with van der Waals surface area (Å²) in [6.45, 7) is 4.57. The highest BCUT2D eigenvalue weighted by Gasteiger charge is 2.44. The van der Waals surface area contributed by atoms with Gasteiger partial charge in [-0.15, -0.1) is 0 Å². The molecule has 3 heterocycles. The van der Waals surface area contributed by atoms with Crippen molar-refractivity contribution in [3.05, 3.63) is 52.2 Å². The van der Waals surface area contributed by atoms with Crippen molar-refractivity contribution < 1.29 is 14.3 Å². The van der Waals surface area contributed by atoms with Crippen LogP contribution in [0.3, 0.4) is 0 Å². The molecule has 0 unspecified atom stereocenters. The van der Waals surface area contributed by atoms with Gasteiger partial charge in [0.1, 0.15) is 5.75 Å². The first-order chi connectivity index (χ1) is 16.5. The Bertz CT molecular complexity index is 979. The fourth-order valence-electron chi connectivity index (χ4n) is 5.41. The normalized spacial score (nSPS) is 21.1. The number of benzene rings is 1. The third kappa shape index (κ3) is 5.47. The third-order valence-corrected chi connectivity index (χ3v) is 8.50. The van der Waals surface area contributed by atoms with Crippen LogP contribution in [0.25, 0.3) is 0 Å². The van der Waals surface area contributed by atoms with Crippen LogP contribution in [0.1, 0.15) is 55.7 Å². The van der Waals surface area contributed by atoms with Crippen LogP contribution in [0.4, 0.5) is 0 Å². The molecule has 1 N–H and O–H groups in total. The Labute approximate surface area is 206 Å². The van der Waals surface area contributed by atoms with E-state index in [-0.39, 0.29) is 29.2 Å². The first-order valence-corrected chi connectivity index (χ1v) is 13.4. The van der Waals surface area contributed by atoms with Crippen molar-refractivity contribution >= 4 is 23.2 Å². The average molecular weight is 482 g/mol. The Kier molecular flexibility index (Phi) is 6.93. The molecule has 0 bridgehead atoms. The van der Waals surface area contributed by atoms with E-state index in [1.54, 1.807) is 18.4 Å². The molecule has 6 nitrogen and oxygen atoms in total. The Balaban J connectivity index is 1.12. The lowest BCUT2D eigenvalue weighted by atomic mass is 9.77. The Morgan fingerprint density at radius 2 is 1.97 bits per heavy atom. The quantitative estimate of drug-likeness (QED) is 0.582. The number of piperidine rings is 1. The highest BCUT2D eigenvalue weighted by Crippen LogP contribution is 2.41. The zero-order valence-corrected chi connectivity index (χ0v) is 20.8. The number of methoxy groups -OCH3 is 1. The second-order valence-electron chi connectivity index (χ2n) is 10.3. The van der Waals surface area contributed by atoms with E-state index < -0.39 is 0 Å². The van der Waals surface area contributed by atoms with Crippen molar-refractivity contribution in [2.75, 3.05) is 33.3 Å². The highest BCUT2D eigenvalue weighted by molar-refractivity contribution is 7.08. The molecule has 7 heteroatoms. The molecule has 2 saturated heterocycles. The number of hydrogen-bond acceptors (Lipinski definition) is 5. The summed E-state index contributed by atoms with van der Waals surface area (Å²) < 4.78 is 5.24. The van der Waals surface area contributed by atoms with Crippen molar-refractivity contribution in [1.82, 2.24) is 15.1 Å². The molecule has 5 rings (SSSR count). The number of carbonyl (C=O) groups is 2. The van der Waals surface area contributed by atoms with Crippen molar-refractivity contribution in [3.8, 4) is 5.75 Å². The van der Waals surface area contributed by atoms with Gasteiger partial charge in [0.15, 0.2) is 0 Å². The lowest BCUT2D eigenvalue weighted by molar-refractivity contribution is -0.128. The van der Waals surface area contributed by atoms with Gasteiger partial charge in [-0.2, -0.15) is 11.3 Å². The standard InChI is InChI=1S/C27H35N3O3S/c1-33-23-6-2-20(3-7-23)17-30-19-27(16-25(30)31)10-13-29(14-11-27)12-8-24(22-9-15-34-18-22)28-26(32)21-4-5-21/h2-3,6-7,9,15,18,21,24H,4-5,8,10-14,16-17,19H2,1H3,(H,28,32)/t24-/m0/s1. The van der Waals surface area contributed by atoms with Crippen LogP contribution >= 0.6 is 11.3 Å². The molecule has 3 aliphatic rings. The number of nitrogens with zero attached hydrogens (tertiary/aromatic N) is 2. The number of hydrogen-bond donors (Lipinski definition) is 1. The Hall–Kier alpha value is -2.38. The fraction of sp³-hybridized carbons (Fsp3) is 0.556. The lowest BCUT2D eigenvalue weighted by Gasteiger charge is -2.39. The van der Waals surface area contributed by atoms with Crippen LogP contribution in [0.2, 0.25) is 0 Å². The largest absolute Gasteiger partial charge is 0.497 e. The zero-order valence-electron chi connectivity index (χ0n) is 20.0. The third-order valence-electron chi connectivity index (χ3n) is 7.80. The topological polar surface area (TPSA) is 61.9 Å². The molecule has 3 fully saturated rings. The predicted octanol–water partition coefficient (Wildman–Crippen LogP) is 4.23. The number of likely N-dealkylation sites (tertiary alicyclic amines) is 2. The number of rotatable bonds is 9. The summed E-state index contributed by atoms with van der Waals surface area (Å²) in [5.74, 6) is 1.57. The number of nitrogens with one attached hydrogen (secondary N) is 1. The van der Waals surface area contributed by atoms with Gasteiger partial charge in [0.25, 0.3) is 0 Å². The van der Waals surface area contributed by atoms with Gasteiger partial charge in [-0.05, 0) is 90.7 Å². The van der Waals surface area contributed by atoms with Gasteiger partial charge in [0, 0.05) is 32.0 Å². The molecular formula is C27H35N3O3S. The van der Waals surface area contributed by atoms with E-state index in [4.69, 9.17) is 4.74 Å². The second-order valence-corrected chi connectivity index (χ2v) is 11.1. The number of carbonyl (C=O) groups excluding carboxylic acids is 2. The molecule has 1 aliphatic carbocycles. The van der Waals surface area contributed by atoms with Crippen LogP contribution in [0.5, 0.6) is 5.75 Å². The van der Waals surface area contributed by atoms with Crippen LogP contribution in [0, 0.1) is 11.3 Å². The molecule has 2 aliphatic heterocycles. The van der Waals surface area contributed by atoms with E-state index in [1.165, 1.54) is 5.56 Å². The predicted molar refractivity (Wildman–Crippen MR) is 134 cm³/mol. The molecule has 0 radical (unpaired) electrons. The van der Waals surface area contributed by atoms with Crippen molar-refractivity contribution in [1.29, 1.82) is 0 Å². The minimum atomic E-state index is 0.100. The summed E-state index contributed by atoms with van der Waals surface area (Å²) in [4.78, 5) is 29.8. The summed E-state index contributed by atoms with van der Waals surface area (Å²) in [6, 6.07) is 10.2. The summed E-state index contributed by atoms with van der Waals surface area (Å²) >= 11 is 1.69. The summed E-state index contributed by atoms with van der Waals surface area (Å²) in [5.41, 5.74) is 2.49. The van der Waals surface area contributed by atoms with Gasteiger partial charge in [-0.3, -0.25) is 9.59 Å². The van der Waals surface area contributed by atoms with Gasteiger partial charge in [-0.1, -0.05) is 12.1 Å². The number of thiophene rings is 1. The molecule has 1 aromatic carbocycles. The van der Waals surface area contributed by atoms with E-state index in [0.29, 0.717) is 13.0 Å². The Morgan fingerprint density at radius 3 is 2.62 bits per heavy atom. The highest BCUT2D eigenvalue weighted by atomic mass is 32.1. The summed E-state index contributed by atoms with van der Waals surface area (Å²) in [5, 5.41) is 7.54. The molecule has 182 valence electrons. The molecular weight excluding hydrogens is 446 g/mol. The first kappa shape index (κ1) is 23.4. The average Bonchev–Trinajstić information content (AvgIpc) is 3.48. The maximum absolute atomic E-state index is 12.8. The molecule has 1 saturated carbocycles. The minimum Gasteiger partial charge on any atom is -0.497 e. The van der Waals surface area contributed by atoms with Crippen LogP contribution in [-0.2, 0) is 16.1 Å². The smallest absolute Gasteiger partial charge is 0.223 e. The maximum Gasteiger partial charge on any atom is 0.223 e. The van der Waals surface area contributed by atoms with E-state index in [1.807, 2.05) is 29.2 Å².